The van der Waals surface area contributed by atoms with E-state index in [-0.39, 0.29) is 24.2 Å². The Kier molecular flexibility index (Phi) is 4.99. The number of benzene rings is 9. The van der Waals surface area contributed by atoms with Crippen molar-refractivity contribution in [1.82, 2.24) is 0 Å². The van der Waals surface area contributed by atoms with Gasteiger partial charge in [-0.05, 0) is 118 Å². The predicted octanol–water partition coefficient (Wildman–Crippen LogP) is 13.0. The van der Waals surface area contributed by atoms with Gasteiger partial charge >= 0.3 is 0 Å². The van der Waals surface area contributed by atoms with Crippen molar-refractivity contribution in [3.63, 3.8) is 0 Å². The summed E-state index contributed by atoms with van der Waals surface area (Å²) >= 11 is 0. The molecule has 1 aliphatic carbocycles. The molecule has 1 atom stereocenters. The summed E-state index contributed by atoms with van der Waals surface area (Å²) in [5, 5.41) is 8.65. The van der Waals surface area contributed by atoms with Crippen LogP contribution in [0.1, 0.15) is 29.1 Å². The van der Waals surface area contributed by atoms with E-state index >= 15 is 0 Å². The van der Waals surface area contributed by atoms with Crippen molar-refractivity contribution in [3.05, 3.63) is 193 Å². The highest BCUT2D eigenvalue weighted by Crippen LogP contribution is 2.55. The van der Waals surface area contributed by atoms with Gasteiger partial charge in [0.05, 0.1) is 5.48 Å². The second-order valence-corrected chi connectivity index (χ2v) is 13.1. The molecule has 9 aromatic rings. The molecule has 1 aliphatic rings. The SMILES string of the molecule is [2H]c1c([2H])c(-c2cccc3ccc4cc5ccccc5cc4c23)c([2H])c([2H])c1-c1ccc2c(c1)C(C)(c1ccccc1)c1ccc3ccccc3c1-2. The van der Waals surface area contributed by atoms with Gasteiger partial charge in [-0.15, -0.1) is 0 Å². The maximum absolute atomic E-state index is 9.45. The van der Waals surface area contributed by atoms with Crippen LogP contribution in [0.15, 0.2) is 176 Å². The van der Waals surface area contributed by atoms with Gasteiger partial charge in [0.15, 0.2) is 0 Å². The van der Waals surface area contributed by atoms with E-state index < -0.39 is 5.41 Å². The summed E-state index contributed by atoms with van der Waals surface area (Å²) in [5.41, 5.74) is 7.33. The fourth-order valence-electron chi connectivity index (χ4n) is 8.14. The maximum atomic E-state index is 9.45. The largest absolute Gasteiger partial charge is 0.0629 e. The first-order valence-electron chi connectivity index (χ1n) is 18.5. The molecule has 0 nitrogen and oxygen atoms in total. The molecule has 0 fully saturated rings. The fourth-order valence-corrected chi connectivity index (χ4v) is 8.14. The van der Waals surface area contributed by atoms with Gasteiger partial charge in [-0.1, -0.05) is 158 Å². The lowest BCUT2D eigenvalue weighted by atomic mass is 9.73. The third-order valence-corrected chi connectivity index (χ3v) is 10.6. The van der Waals surface area contributed by atoms with E-state index in [2.05, 4.69) is 116 Å². The molecule has 0 N–H and O–H groups in total. The standard InChI is InChI=1S/C48H32/c1-48(39-14-3-2-4-15-39)44-27-25-32-10-7-8-16-41(32)47(44)42-26-24-37(30-45(42)48)31-18-20-33(21-19-31)40-17-9-13-34-22-23-38-28-35-11-5-6-12-36(35)29-43(38)46(34)40/h2-30H,1H3/i18D,19D,20D,21D. The van der Waals surface area contributed by atoms with Gasteiger partial charge in [0, 0.05) is 5.41 Å². The van der Waals surface area contributed by atoms with E-state index in [9.17, 15) is 5.48 Å². The first-order chi connectivity index (χ1) is 25.3. The van der Waals surface area contributed by atoms with Gasteiger partial charge in [0.25, 0.3) is 0 Å². The first kappa shape index (κ1) is 23.4. The van der Waals surface area contributed by atoms with Gasteiger partial charge in [-0.25, -0.2) is 0 Å². The molecule has 0 amide bonds. The highest BCUT2D eigenvalue weighted by atomic mass is 14.4. The highest BCUT2D eigenvalue weighted by molar-refractivity contribution is 6.17. The van der Waals surface area contributed by atoms with Crippen molar-refractivity contribution < 1.29 is 5.48 Å². The molecular weight excluding hydrogens is 577 g/mol. The quantitative estimate of drug-likeness (QED) is 0.138. The van der Waals surface area contributed by atoms with Crippen molar-refractivity contribution in [1.29, 1.82) is 0 Å². The minimum absolute atomic E-state index is 0.0399. The summed E-state index contributed by atoms with van der Waals surface area (Å²) in [6.45, 7) is 2.26. The zero-order valence-corrected chi connectivity index (χ0v) is 26.4. The molecule has 10 rings (SSSR count). The lowest BCUT2D eigenvalue weighted by Crippen LogP contribution is -2.22. The zero-order valence-electron chi connectivity index (χ0n) is 30.4. The summed E-state index contributed by atoms with van der Waals surface area (Å²) in [4.78, 5) is 0. The summed E-state index contributed by atoms with van der Waals surface area (Å²) < 4.78 is 37.8. The topological polar surface area (TPSA) is 0 Å². The van der Waals surface area contributed by atoms with Crippen LogP contribution in [-0.2, 0) is 5.41 Å². The Bertz CT molecular complexity index is 2930. The van der Waals surface area contributed by atoms with Gasteiger partial charge in [0.2, 0.25) is 0 Å². The Hall–Kier alpha value is -5.98. The van der Waals surface area contributed by atoms with Gasteiger partial charge in [0.1, 0.15) is 0 Å². The minimum Gasteiger partial charge on any atom is -0.0622 e. The van der Waals surface area contributed by atoms with Gasteiger partial charge in [-0.2, -0.15) is 0 Å². The van der Waals surface area contributed by atoms with Crippen molar-refractivity contribution in [3.8, 4) is 33.4 Å². The third-order valence-electron chi connectivity index (χ3n) is 10.6. The van der Waals surface area contributed by atoms with Crippen LogP contribution in [0.2, 0.25) is 0 Å². The van der Waals surface area contributed by atoms with E-state index in [4.69, 9.17) is 0 Å². The lowest BCUT2D eigenvalue weighted by molar-refractivity contribution is 0.714. The molecule has 224 valence electrons. The molecule has 1 unspecified atom stereocenters. The van der Waals surface area contributed by atoms with E-state index in [1.165, 1.54) is 21.9 Å². The molecule has 0 aliphatic heterocycles. The number of hydrogen-bond donors (Lipinski definition) is 0. The Balaban J connectivity index is 1.20. The molecule has 0 spiro atoms. The monoisotopic (exact) mass is 612 g/mol. The predicted molar refractivity (Wildman–Crippen MR) is 205 cm³/mol. The summed E-state index contributed by atoms with van der Waals surface area (Å²) in [5.74, 6) is 0. The van der Waals surface area contributed by atoms with Gasteiger partial charge < -0.3 is 0 Å². The van der Waals surface area contributed by atoms with Crippen molar-refractivity contribution in [2.24, 2.45) is 0 Å². The summed E-state index contributed by atoms with van der Waals surface area (Å²) in [7, 11) is 0. The van der Waals surface area contributed by atoms with Crippen LogP contribution in [0.4, 0.5) is 0 Å². The number of hydrogen-bond acceptors (Lipinski definition) is 0. The Morgan fingerprint density at radius 3 is 1.92 bits per heavy atom. The second-order valence-electron chi connectivity index (χ2n) is 13.1. The molecule has 0 saturated carbocycles. The zero-order chi connectivity index (χ0) is 35.3. The van der Waals surface area contributed by atoms with E-state index in [0.717, 1.165) is 49.0 Å². The van der Waals surface area contributed by atoms with Crippen LogP contribution < -0.4 is 0 Å². The van der Waals surface area contributed by atoms with Crippen molar-refractivity contribution in [2.45, 2.75) is 12.3 Å². The fraction of sp³-hybridized carbons (Fsp3) is 0.0417. The van der Waals surface area contributed by atoms with Crippen molar-refractivity contribution in [2.75, 3.05) is 0 Å². The molecule has 0 saturated heterocycles. The Morgan fingerprint density at radius 1 is 0.417 bits per heavy atom. The molecule has 48 heavy (non-hydrogen) atoms. The minimum atomic E-state index is -0.488. The van der Waals surface area contributed by atoms with Crippen LogP contribution in [0.5, 0.6) is 0 Å². The van der Waals surface area contributed by atoms with Crippen molar-refractivity contribution >= 4 is 43.1 Å². The Labute approximate surface area is 286 Å². The average Bonchev–Trinajstić information content (AvgIpc) is 3.45. The molecule has 0 bridgehead atoms. The van der Waals surface area contributed by atoms with Crippen LogP contribution in [-0.4, -0.2) is 0 Å². The summed E-state index contributed by atoms with van der Waals surface area (Å²) in [6, 6.07) is 52.2. The van der Waals surface area contributed by atoms with Crippen LogP contribution in [0.3, 0.4) is 0 Å². The molecule has 0 heterocycles. The number of fused-ring (bicyclic) bond motifs is 9. The lowest BCUT2D eigenvalue weighted by Gasteiger charge is -2.28. The molecule has 0 aromatic heterocycles. The first-order valence-corrected chi connectivity index (χ1v) is 16.5. The van der Waals surface area contributed by atoms with Gasteiger partial charge in [-0.3, -0.25) is 0 Å². The molecule has 9 aromatic carbocycles. The average molecular weight is 613 g/mol. The number of rotatable bonds is 3. The smallest absolute Gasteiger partial charge is 0.0622 e. The van der Waals surface area contributed by atoms with Crippen LogP contribution in [0.25, 0.3) is 76.5 Å². The van der Waals surface area contributed by atoms with E-state index in [1.807, 2.05) is 42.5 Å². The second kappa shape index (κ2) is 10.3. The van der Waals surface area contributed by atoms with E-state index in [0.29, 0.717) is 22.3 Å². The molecular formula is C48H32. The molecule has 0 heteroatoms. The molecule has 0 radical (unpaired) electrons. The maximum Gasteiger partial charge on any atom is 0.0629 e. The summed E-state index contributed by atoms with van der Waals surface area (Å²) in [6.07, 6.45) is 0. The van der Waals surface area contributed by atoms with E-state index in [1.54, 1.807) is 0 Å². The normalized spacial score (nSPS) is 16.4. The van der Waals surface area contributed by atoms with Crippen LogP contribution in [0, 0.1) is 0 Å². The third kappa shape index (κ3) is 3.90. The highest BCUT2D eigenvalue weighted by Gasteiger charge is 2.41. The Morgan fingerprint density at radius 2 is 1.08 bits per heavy atom. The van der Waals surface area contributed by atoms with Crippen LogP contribution >= 0.6 is 0 Å².